The number of thioether (sulfide) groups is 1. The van der Waals surface area contributed by atoms with Crippen molar-refractivity contribution in [3.05, 3.63) is 81.0 Å². The first-order valence-electron chi connectivity index (χ1n) is 12.1. The highest BCUT2D eigenvalue weighted by atomic mass is 79.9. The highest BCUT2D eigenvalue weighted by molar-refractivity contribution is 9.10. The second kappa shape index (κ2) is 11.8. The maximum absolute atomic E-state index is 15.1. The quantitative estimate of drug-likeness (QED) is 0.322. The van der Waals surface area contributed by atoms with E-state index in [2.05, 4.69) is 37.5 Å². The molecule has 0 radical (unpaired) electrons. The summed E-state index contributed by atoms with van der Waals surface area (Å²) in [5.74, 6) is -1.07. The molecule has 2 heterocycles. The van der Waals surface area contributed by atoms with Crippen LogP contribution in [0.2, 0.25) is 0 Å². The number of methoxy groups -OCH3 is 1. The summed E-state index contributed by atoms with van der Waals surface area (Å²) in [5, 5.41) is 21.7. The number of allylic oxidation sites excluding steroid dienone is 3. The van der Waals surface area contributed by atoms with Crippen molar-refractivity contribution >= 4 is 61.5 Å². The first-order valence-corrected chi connectivity index (χ1v) is 14.7. The van der Waals surface area contributed by atoms with Gasteiger partial charge in [-0.05, 0) is 37.1 Å². The number of rotatable bonds is 7. The lowest BCUT2D eigenvalue weighted by molar-refractivity contribution is -0.116. The Bertz CT molecular complexity index is 1620. The molecular weight excluding hydrogens is 619 g/mol. The van der Waals surface area contributed by atoms with Gasteiger partial charge in [0.05, 0.1) is 30.4 Å². The van der Waals surface area contributed by atoms with Gasteiger partial charge < -0.3 is 15.8 Å². The van der Waals surface area contributed by atoms with Crippen LogP contribution in [0.1, 0.15) is 30.7 Å². The average Bonchev–Trinajstić information content (AvgIpc) is 3.40. The van der Waals surface area contributed by atoms with Crippen LogP contribution in [-0.2, 0) is 9.59 Å². The van der Waals surface area contributed by atoms with E-state index in [9.17, 15) is 14.9 Å². The second-order valence-electron chi connectivity index (χ2n) is 8.90. The van der Waals surface area contributed by atoms with E-state index in [-0.39, 0.29) is 34.4 Å². The summed E-state index contributed by atoms with van der Waals surface area (Å²) in [4.78, 5) is 27.3. The summed E-state index contributed by atoms with van der Waals surface area (Å²) in [6.07, 6.45) is 1.38. The van der Waals surface area contributed by atoms with Crippen molar-refractivity contribution in [2.24, 2.45) is 5.73 Å². The predicted octanol–water partition coefficient (Wildman–Crippen LogP) is 5.48. The van der Waals surface area contributed by atoms with Crippen LogP contribution < -0.4 is 20.7 Å². The number of hydrogen-bond donors (Lipinski definition) is 2. The number of benzene rings is 2. The summed E-state index contributed by atoms with van der Waals surface area (Å²) in [5.41, 5.74) is 8.35. The zero-order valence-corrected chi connectivity index (χ0v) is 24.3. The lowest BCUT2D eigenvalue weighted by Crippen LogP contribution is -2.38. The second-order valence-corrected chi connectivity index (χ2v) is 12.0. The minimum atomic E-state index is -0.917. The fourth-order valence-corrected chi connectivity index (χ4v) is 6.74. The maximum Gasteiger partial charge on any atom is 0.234 e. The number of ether oxygens (including phenoxy) is 1. The van der Waals surface area contributed by atoms with Crippen molar-refractivity contribution in [1.29, 1.82) is 5.26 Å². The predicted molar refractivity (Wildman–Crippen MR) is 154 cm³/mol. The number of anilines is 2. The summed E-state index contributed by atoms with van der Waals surface area (Å²) in [7, 11) is 1.55. The van der Waals surface area contributed by atoms with Crippen LogP contribution in [-0.4, -0.2) is 34.8 Å². The molecular formula is C27H22BrFN6O3S2. The number of nitrogens with two attached hydrogens (primary N) is 1. The first-order chi connectivity index (χ1) is 19.3. The van der Waals surface area contributed by atoms with Gasteiger partial charge >= 0.3 is 0 Å². The Morgan fingerprint density at radius 3 is 2.90 bits per heavy atom. The summed E-state index contributed by atoms with van der Waals surface area (Å²) < 4.78 is 21.3. The van der Waals surface area contributed by atoms with Gasteiger partial charge in [-0.2, -0.15) is 5.26 Å². The molecule has 2 aromatic carbocycles. The maximum atomic E-state index is 15.1. The van der Waals surface area contributed by atoms with Gasteiger partial charge in [0.25, 0.3) is 0 Å². The van der Waals surface area contributed by atoms with Crippen molar-refractivity contribution in [3.63, 3.8) is 0 Å². The molecule has 0 spiro atoms. The number of Topliss-reactive ketones (excluding diaryl/α,β-unsaturated/α-hetero) is 1. The highest BCUT2D eigenvalue weighted by Crippen LogP contribution is 2.47. The third-order valence-electron chi connectivity index (χ3n) is 6.45. The number of amides is 1. The monoisotopic (exact) mass is 640 g/mol. The fraction of sp³-hybridized carbons (Fsp3) is 0.222. The Labute approximate surface area is 246 Å². The molecule has 40 heavy (non-hydrogen) atoms. The van der Waals surface area contributed by atoms with Gasteiger partial charge in [-0.25, -0.2) is 4.39 Å². The molecule has 1 aliphatic heterocycles. The topological polar surface area (TPSA) is 134 Å². The fourth-order valence-electron chi connectivity index (χ4n) is 4.73. The standard InChI is InChI=1S/C27H22BrFN6O3S2/c1-38-16-5-2-4-15(11-16)32-22(37)13-39-27-34-33-26(40-27)35-20-6-3-7-21(36)24(20)23(18(12-30)25(35)31)17-9-8-14(28)10-19(17)29/h2,4-5,8-11,23H,3,6-7,13,31H2,1H3,(H,32,37). The van der Waals surface area contributed by atoms with Gasteiger partial charge in [-0.3, -0.25) is 14.5 Å². The molecule has 0 saturated carbocycles. The molecule has 3 N–H and O–H groups in total. The highest BCUT2D eigenvalue weighted by Gasteiger charge is 2.42. The van der Waals surface area contributed by atoms with Crippen LogP contribution in [0.15, 0.2) is 73.9 Å². The molecule has 1 aromatic heterocycles. The van der Waals surface area contributed by atoms with E-state index in [1.54, 1.807) is 48.4 Å². The molecule has 1 unspecified atom stereocenters. The number of hydrogen-bond acceptors (Lipinski definition) is 10. The van der Waals surface area contributed by atoms with Crippen LogP contribution in [0.3, 0.4) is 0 Å². The van der Waals surface area contributed by atoms with Gasteiger partial charge in [-0.1, -0.05) is 51.2 Å². The van der Waals surface area contributed by atoms with Crippen LogP contribution in [0.25, 0.3) is 0 Å². The molecule has 13 heteroatoms. The van der Waals surface area contributed by atoms with Gasteiger partial charge in [0.15, 0.2) is 10.1 Å². The number of nitrogens with zero attached hydrogens (tertiary/aromatic N) is 4. The van der Waals surface area contributed by atoms with Crippen molar-refractivity contribution in [2.45, 2.75) is 29.5 Å². The van der Waals surface area contributed by atoms with E-state index in [1.165, 1.54) is 29.2 Å². The minimum Gasteiger partial charge on any atom is -0.497 e. The molecule has 0 bridgehead atoms. The lowest BCUT2D eigenvalue weighted by Gasteiger charge is -2.38. The van der Waals surface area contributed by atoms with Crippen molar-refractivity contribution in [1.82, 2.24) is 10.2 Å². The molecule has 1 amide bonds. The SMILES string of the molecule is COc1cccc(NC(=O)CSc2nnc(N3C(N)=C(C#N)C(c4ccc(Br)cc4F)C4=C3CCCC4=O)s2)c1. The zero-order valence-electron chi connectivity index (χ0n) is 21.1. The Hall–Kier alpha value is -3.73. The van der Waals surface area contributed by atoms with E-state index in [0.29, 0.717) is 55.9 Å². The number of halogens is 2. The molecule has 5 rings (SSSR count). The normalized spacial score (nSPS) is 17.0. The summed E-state index contributed by atoms with van der Waals surface area (Å²) in [6, 6.07) is 13.7. The molecule has 9 nitrogen and oxygen atoms in total. The number of nitriles is 1. The summed E-state index contributed by atoms with van der Waals surface area (Å²) >= 11 is 5.64. The molecule has 1 atom stereocenters. The summed E-state index contributed by atoms with van der Waals surface area (Å²) in [6.45, 7) is 0. The van der Waals surface area contributed by atoms with Gasteiger partial charge in [-0.15, -0.1) is 10.2 Å². The van der Waals surface area contributed by atoms with Gasteiger partial charge in [0, 0.05) is 39.5 Å². The number of carbonyl (C=O) groups is 2. The molecule has 204 valence electrons. The number of nitrogens with one attached hydrogen (secondary N) is 1. The molecule has 0 saturated heterocycles. The Balaban J connectivity index is 1.42. The van der Waals surface area contributed by atoms with E-state index >= 15 is 4.39 Å². The van der Waals surface area contributed by atoms with Crippen LogP contribution in [0.5, 0.6) is 5.75 Å². The van der Waals surface area contributed by atoms with Crippen molar-refractivity contribution < 1.29 is 18.7 Å². The first kappa shape index (κ1) is 27.8. The zero-order chi connectivity index (χ0) is 28.4. The van der Waals surface area contributed by atoms with Crippen LogP contribution >= 0.6 is 39.0 Å². The van der Waals surface area contributed by atoms with Crippen LogP contribution in [0.4, 0.5) is 15.2 Å². The van der Waals surface area contributed by atoms with Gasteiger partial charge in [0.2, 0.25) is 11.0 Å². The largest absolute Gasteiger partial charge is 0.497 e. The number of aromatic nitrogens is 2. The Morgan fingerprint density at radius 2 is 2.15 bits per heavy atom. The van der Waals surface area contributed by atoms with E-state index < -0.39 is 11.7 Å². The van der Waals surface area contributed by atoms with Gasteiger partial charge in [0.1, 0.15) is 17.4 Å². The number of carbonyl (C=O) groups excluding carboxylic acids is 2. The lowest BCUT2D eigenvalue weighted by atomic mass is 9.75. The Kier molecular flexibility index (Phi) is 8.20. The van der Waals surface area contributed by atoms with Crippen molar-refractivity contribution in [2.75, 3.05) is 23.1 Å². The molecule has 3 aromatic rings. The third-order valence-corrected chi connectivity index (χ3v) is 8.99. The smallest absolute Gasteiger partial charge is 0.234 e. The minimum absolute atomic E-state index is 0.0669. The molecule has 0 fully saturated rings. The van der Waals surface area contributed by atoms with E-state index in [1.807, 2.05) is 0 Å². The molecule has 1 aliphatic carbocycles. The Morgan fingerprint density at radius 1 is 1.32 bits per heavy atom. The average molecular weight is 642 g/mol. The van der Waals surface area contributed by atoms with Crippen molar-refractivity contribution in [3.8, 4) is 11.8 Å². The third kappa shape index (κ3) is 5.47. The van der Waals surface area contributed by atoms with E-state index in [0.717, 1.165) is 0 Å². The number of ketones is 1. The van der Waals surface area contributed by atoms with Crippen LogP contribution in [0, 0.1) is 17.1 Å². The molecule has 2 aliphatic rings. The van der Waals surface area contributed by atoms with E-state index in [4.69, 9.17) is 10.5 Å².